The molecule has 1 radical (unpaired) electrons. The van der Waals surface area contributed by atoms with E-state index in [1.54, 1.807) is 0 Å². The smallest absolute Gasteiger partial charge is 0.0351 e. The molecule has 0 aromatic heterocycles. The van der Waals surface area contributed by atoms with E-state index >= 15 is 0 Å². The van der Waals surface area contributed by atoms with Crippen molar-refractivity contribution in [2.24, 2.45) is 0 Å². The molecule has 0 aliphatic heterocycles. The van der Waals surface area contributed by atoms with E-state index in [9.17, 15) is 0 Å². The first-order valence-electron chi connectivity index (χ1n) is 6.51. The van der Waals surface area contributed by atoms with E-state index < -0.39 is 0 Å². The zero-order chi connectivity index (χ0) is 11.2. The Kier molecular flexibility index (Phi) is 13.0. The van der Waals surface area contributed by atoms with Crippen LogP contribution in [0.25, 0.3) is 0 Å². The summed E-state index contributed by atoms with van der Waals surface area (Å²) in [7, 11) is 0. The second-order valence-electron chi connectivity index (χ2n) is 4.01. The summed E-state index contributed by atoms with van der Waals surface area (Å²) in [4.78, 5) is 0. The van der Waals surface area contributed by atoms with E-state index in [0.717, 1.165) is 6.42 Å². The highest BCUT2D eigenvalue weighted by molar-refractivity contribution is 4.82. The summed E-state index contributed by atoms with van der Waals surface area (Å²) in [6, 6.07) is 0. The molecule has 0 bridgehead atoms. The number of rotatable bonds is 10. The summed E-state index contributed by atoms with van der Waals surface area (Å²) < 4.78 is 0. The minimum atomic E-state index is 0.933. The van der Waals surface area contributed by atoms with Gasteiger partial charge >= 0.3 is 0 Å². The molecule has 0 aromatic rings. The van der Waals surface area contributed by atoms with Crippen LogP contribution in [0.2, 0.25) is 0 Å². The summed E-state index contributed by atoms with van der Waals surface area (Å²) in [5, 5.41) is 0. The molecule has 0 rings (SSSR count). The first kappa shape index (κ1) is 14.5. The van der Waals surface area contributed by atoms with E-state index in [1.165, 1.54) is 51.4 Å². The molecular formula is C15H27. The van der Waals surface area contributed by atoms with E-state index in [4.69, 9.17) is 0 Å². The van der Waals surface area contributed by atoms with E-state index in [-0.39, 0.29) is 0 Å². The van der Waals surface area contributed by atoms with Crippen LogP contribution in [0, 0.1) is 6.92 Å². The third-order valence-electron chi connectivity index (χ3n) is 2.45. The summed E-state index contributed by atoms with van der Waals surface area (Å²) in [6.45, 7) is 6.00. The van der Waals surface area contributed by atoms with Crippen molar-refractivity contribution in [2.45, 2.75) is 64.7 Å². The highest BCUT2D eigenvalue weighted by atomic mass is 13.9. The molecular weight excluding hydrogens is 180 g/mol. The summed E-state index contributed by atoms with van der Waals surface area (Å²) >= 11 is 0. The van der Waals surface area contributed by atoms with Crippen molar-refractivity contribution in [1.29, 1.82) is 0 Å². The number of hydrogen-bond donors (Lipinski definition) is 0. The maximum atomic E-state index is 3.77. The first-order valence-corrected chi connectivity index (χ1v) is 6.51. The molecule has 87 valence electrons. The average molecular weight is 207 g/mol. The third kappa shape index (κ3) is 13.5. The van der Waals surface area contributed by atoms with Crippen molar-refractivity contribution in [3.05, 3.63) is 31.2 Å². The summed E-state index contributed by atoms with van der Waals surface area (Å²) in [5.74, 6) is 0. The number of allylic oxidation sites excluding steroid dienone is 4. The van der Waals surface area contributed by atoms with Crippen LogP contribution in [0.15, 0.2) is 24.3 Å². The molecule has 0 amide bonds. The average Bonchev–Trinajstić information content (AvgIpc) is 2.26. The molecule has 0 nitrogen and oxygen atoms in total. The van der Waals surface area contributed by atoms with Crippen LogP contribution in [-0.4, -0.2) is 0 Å². The molecule has 0 saturated heterocycles. The third-order valence-corrected chi connectivity index (χ3v) is 2.45. The molecule has 0 saturated carbocycles. The number of unbranched alkanes of at least 4 members (excludes halogenated alkanes) is 6. The first-order chi connectivity index (χ1) is 7.41. The molecule has 0 unspecified atom stereocenters. The molecule has 0 N–H and O–H groups in total. The van der Waals surface area contributed by atoms with Crippen molar-refractivity contribution >= 4 is 0 Å². The van der Waals surface area contributed by atoms with Crippen molar-refractivity contribution < 1.29 is 0 Å². The molecule has 0 heteroatoms. The lowest BCUT2D eigenvalue weighted by Crippen LogP contribution is -1.76. The predicted octanol–water partition coefficient (Wildman–Crippen LogP) is 5.46. The molecule has 0 aromatic carbocycles. The molecule has 0 aliphatic rings. The summed E-state index contributed by atoms with van der Waals surface area (Å²) in [5.41, 5.74) is 0. The fourth-order valence-electron chi connectivity index (χ4n) is 1.52. The van der Waals surface area contributed by atoms with Crippen molar-refractivity contribution in [3.8, 4) is 0 Å². The Morgan fingerprint density at radius 2 is 1.27 bits per heavy atom. The van der Waals surface area contributed by atoms with Gasteiger partial charge in [-0.05, 0) is 45.4 Å². The quantitative estimate of drug-likeness (QED) is 0.329. The van der Waals surface area contributed by atoms with Crippen LogP contribution in [0.5, 0.6) is 0 Å². The predicted molar refractivity (Wildman–Crippen MR) is 70.9 cm³/mol. The van der Waals surface area contributed by atoms with Crippen LogP contribution in [0.1, 0.15) is 64.7 Å². The van der Waals surface area contributed by atoms with Crippen molar-refractivity contribution in [1.82, 2.24) is 0 Å². The van der Waals surface area contributed by atoms with Gasteiger partial charge in [-0.1, -0.05) is 50.5 Å². The van der Waals surface area contributed by atoms with Gasteiger partial charge in [0.05, 0.1) is 0 Å². The lowest BCUT2D eigenvalue weighted by Gasteiger charge is -1.96. The van der Waals surface area contributed by atoms with Gasteiger partial charge in [0, 0.05) is 0 Å². The van der Waals surface area contributed by atoms with Gasteiger partial charge in [0.15, 0.2) is 0 Å². The highest BCUT2D eigenvalue weighted by Gasteiger charge is 1.87. The van der Waals surface area contributed by atoms with Gasteiger partial charge in [-0.25, -0.2) is 0 Å². The summed E-state index contributed by atoms with van der Waals surface area (Å²) in [6.07, 6.45) is 20.5. The van der Waals surface area contributed by atoms with Crippen LogP contribution in [0.4, 0.5) is 0 Å². The Morgan fingerprint density at radius 1 is 0.733 bits per heavy atom. The van der Waals surface area contributed by atoms with Crippen molar-refractivity contribution in [2.75, 3.05) is 0 Å². The fourth-order valence-corrected chi connectivity index (χ4v) is 1.52. The zero-order valence-electron chi connectivity index (χ0n) is 10.4. The van der Waals surface area contributed by atoms with Crippen LogP contribution >= 0.6 is 0 Å². The lowest BCUT2D eigenvalue weighted by atomic mass is 10.1. The standard InChI is InChI=1S/C15H27/c1-3-5-7-9-11-13-15-14-12-10-8-6-4-2/h5,7-8,10H,1,3-4,6,9,11-15H2,2H3. The van der Waals surface area contributed by atoms with Crippen LogP contribution < -0.4 is 0 Å². The normalized spacial score (nSPS) is 11.9. The minimum absolute atomic E-state index is 0.933. The largest absolute Gasteiger partial charge is 0.0885 e. The monoisotopic (exact) mass is 207 g/mol. The van der Waals surface area contributed by atoms with Gasteiger partial charge in [0.1, 0.15) is 0 Å². The molecule has 15 heavy (non-hydrogen) atoms. The Bertz CT molecular complexity index is 153. The van der Waals surface area contributed by atoms with Crippen LogP contribution in [-0.2, 0) is 0 Å². The fraction of sp³-hybridized carbons (Fsp3) is 0.667. The maximum absolute atomic E-state index is 3.77. The van der Waals surface area contributed by atoms with Gasteiger partial charge < -0.3 is 0 Å². The molecule has 0 atom stereocenters. The van der Waals surface area contributed by atoms with E-state index in [2.05, 4.69) is 38.2 Å². The van der Waals surface area contributed by atoms with Crippen LogP contribution in [0.3, 0.4) is 0 Å². The molecule has 0 fully saturated rings. The van der Waals surface area contributed by atoms with Crippen molar-refractivity contribution in [3.63, 3.8) is 0 Å². The van der Waals surface area contributed by atoms with Gasteiger partial charge in [-0.2, -0.15) is 0 Å². The van der Waals surface area contributed by atoms with Gasteiger partial charge in [-0.3, -0.25) is 0 Å². The van der Waals surface area contributed by atoms with Gasteiger partial charge in [0.2, 0.25) is 0 Å². The highest BCUT2D eigenvalue weighted by Crippen LogP contribution is 2.06. The Labute approximate surface area is 96.5 Å². The topological polar surface area (TPSA) is 0 Å². The van der Waals surface area contributed by atoms with Gasteiger partial charge in [0.25, 0.3) is 0 Å². The Hall–Kier alpha value is -0.520. The minimum Gasteiger partial charge on any atom is -0.0885 e. The van der Waals surface area contributed by atoms with Gasteiger partial charge in [-0.15, -0.1) is 0 Å². The van der Waals surface area contributed by atoms with E-state index in [1.807, 2.05) is 0 Å². The lowest BCUT2D eigenvalue weighted by molar-refractivity contribution is 0.651. The second-order valence-corrected chi connectivity index (χ2v) is 4.01. The Morgan fingerprint density at radius 3 is 1.80 bits per heavy atom. The molecule has 0 aliphatic carbocycles. The second kappa shape index (κ2) is 13.5. The molecule has 0 heterocycles. The Balaban J connectivity index is 3.01. The maximum Gasteiger partial charge on any atom is -0.0351 e. The number of hydrogen-bond acceptors (Lipinski definition) is 0. The zero-order valence-corrected chi connectivity index (χ0v) is 10.4. The van der Waals surface area contributed by atoms with E-state index in [0.29, 0.717) is 0 Å². The molecule has 0 spiro atoms. The SMILES string of the molecule is [CH2]CC=CCCCCCCC=CCCC.